The minimum Gasteiger partial charge on any atom is -0.348 e. The Morgan fingerprint density at radius 2 is 1.71 bits per heavy atom. The molecule has 1 aliphatic carbocycles. The van der Waals surface area contributed by atoms with Gasteiger partial charge >= 0.3 is 6.18 Å². The van der Waals surface area contributed by atoms with E-state index in [2.05, 4.69) is 10.4 Å². The summed E-state index contributed by atoms with van der Waals surface area (Å²) in [5, 5.41) is 6.91. The first kappa shape index (κ1) is 24.9. The molecule has 35 heavy (non-hydrogen) atoms. The van der Waals surface area contributed by atoms with E-state index in [1.165, 1.54) is 31.5 Å². The molecule has 1 aromatic heterocycles. The van der Waals surface area contributed by atoms with Gasteiger partial charge in [0.1, 0.15) is 0 Å². The first-order valence-corrected chi connectivity index (χ1v) is 12.0. The highest BCUT2D eigenvalue weighted by atomic mass is 19.4. The van der Waals surface area contributed by atoms with E-state index >= 15 is 0 Å². The van der Waals surface area contributed by atoms with Crippen LogP contribution in [0.2, 0.25) is 0 Å². The quantitative estimate of drug-likeness (QED) is 0.706. The molecule has 2 amide bonds. The molecular weight excluding hydrogens is 461 g/mol. The third-order valence-electron chi connectivity index (χ3n) is 6.84. The summed E-state index contributed by atoms with van der Waals surface area (Å²) in [6.07, 6.45) is 1.83. The molecule has 1 saturated heterocycles. The van der Waals surface area contributed by atoms with Crippen LogP contribution >= 0.6 is 0 Å². The maximum Gasteiger partial charge on any atom is 0.416 e. The van der Waals surface area contributed by atoms with Crippen molar-refractivity contribution < 1.29 is 22.8 Å². The summed E-state index contributed by atoms with van der Waals surface area (Å²) < 4.78 is 40.6. The van der Waals surface area contributed by atoms with Crippen LogP contribution in [0.3, 0.4) is 0 Å². The fourth-order valence-corrected chi connectivity index (χ4v) is 4.89. The number of aryl methyl sites for hydroxylation is 1. The molecule has 188 valence electrons. The first-order valence-electron chi connectivity index (χ1n) is 12.0. The Labute approximate surface area is 201 Å². The maximum atomic E-state index is 13.1. The molecule has 10 heteroatoms. The minimum absolute atomic E-state index is 0.0981. The van der Waals surface area contributed by atoms with Gasteiger partial charge in [-0.2, -0.15) is 18.3 Å². The number of carbonyl (C=O) groups excluding carboxylic acids is 2. The number of nitrogens with zero attached hydrogens (tertiary/aromatic N) is 3. The lowest BCUT2D eigenvalue weighted by Crippen LogP contribution is -2.49. The fraction of sp³-hybridized carbons (Fsp3) is 0.520. The van der Waals surface area contributed by atoms with Crippen LogP contribution in [0.1, 0.15) is 66.7 Å². The van der Waals surface area contributed by atoms with Crippen molar-refractivity contribution in [1.82, 2.24) is 20.0 Å². The number of rotatable bonds is 4. The largest absolute Gasteiger partial charge is 0.416 e. The Morgan fingerprint density at radius 3 is 2.37 bits per heavy atom. The summed E-state index contributed by atoms with van der Waals surface area (Å²) in [4.78, 5) is 40.0. The normalized spacial score (nSPS) is 17.9. The van der Waals surface area contributed by atoms with Crippen LogP contribution in [-0.2, 0) is 11.0 Å². The smallest absolute Gasteiger partial charge is 0.348 e. The molecule has 1 aromatic carbocycles. The van der Waals surface area contributed by atoms with Crippen LogP contribution in [0.5, 0.6) is 0 Å². The Bertz CT molecular complexity index is 1150. The molecule has 2 aliphatic rings. The summed E-state index contributed by atoms with van der Waals surface area (Å²) in [6, 6.07) is 5.52. The number of alkyl halides is 3. The fourth-order valence-electron chi connectivity index (χ4n) is 4.89. The van der Waals surface area contributed by atoms with Crippen molar-refractivity contribution in [3.63, 3.8) is 0 Å². The van der Waals surface area contributed by atoms with Gasteiger partial charge in [0.15, 0.2) is 5.69 Å². The highest BCUT2D eigenvalue weighted by Crippen LogP contribution is 2.30. The van der Waals surface area contributed by atoms with Crippen LogP contribution in [0.25, 0.3) is 5.69 Å². The topological polar surface area (TPSA) is 84.3 Å². The molecule has 0 unspecified atom stereocenters. The molecular formula is C25H29F3N4O3. The lowest BCUT2D eigenvalue weighted by Gasteiger charge is -2.35. The van der Waals surface area contributed by atoms with E-state index in [0.717, 1.165) is 42.5 Å². The number of likely N-dealkylation sites (tertiary alicyclic amines) is 1. The number of carbonyl (C=O) groups is 2. The molecule has 0 atom stereocenters. The predicted octanol–water partition coefficient (Wildman–Crippen LogP) is 3.86. The molecule has 2 fully saturated rings. The van der Waals surface area contributed by atoms with Gasteiger partial charge < -0.3 is 10.2 Å². The lowest BCUT2D eigenvalue weighted by atomic mass is 9.87. The van der Waals surface area contributed by atoms with Crippen molar-refractivity contribution in [2.45, 2.75) is 64.1 Å². The molecule has 1 aliphatic heterocycles. The summed E-state index contributed by atoms with van der Waals surface area (Å²) >= 11 is 0. The number of amides is 2. The van der Waals surface area contributed by atoms with Crippen LogP contribution < -0.4 is 10.7 Å². The summed E-state index contributed by atoms with van der Waals surface area (Å²) in [7, 11) is 0. The van der Waals surface area contributed by atoms with Gasteiger partial charge in [-0.3, -0.25) is 14.4 Å². The van der Waals surface area contributed by atoms with Gasteiger partial charge in [-0.05, 0) is 50.8 Å². The van der Waals surface area contributed by atoms with Gasteiger partial charge in [0.05, 0.1) is 11.3 Å². The van der Waals surface area contributed by atoms with Crippen LogP contribution in [-0.4, -0.2) is 45.6 Å². The summed E-state index contributed by atoms with van der Waals surface area (Å²) in [5.41, 5.74) is -1.43. The van der Waals surface area contributed by atoms with E-state index in [1.807, 2.05) is 4.90 Å². The average molecular weight is 491 g/mol. The molecule has 4 rings (SSSR count). The second kappa shape index (κ2) is 10.2. The number of hydrogen-bond donors (Lipinski definition) is 1. The zero-order valence-corrected chi connectivity index (χ0v) is 19.6. The molecule has 2 heterocycles. The van der Waals surface area contributed by atoms with E-state index in [4.69, 9.17) is 0 Å². The van der Waals surface area contributed by atoms with E-state index < -0.39 is 23.1 Å². The first-order chi connectivity index (χ1) is 16.6. The van der Waals surface area contributed by atoms with Crippen LogP contribution in [0.4, 0.5) is 13.2 Å². The molecule has 0 radical (unpaired) electrons. The van der Waals surface area contributed by atoms with Crippen molar-refractivity contribution in [3.05, 3.63) is 57.5 Å². The lowest BCUT2D eigenvalue weighted by molar-refractivity contribution is -0.138. The Hall–Kier alpha value is -3.17. The van der Waals surface area contributed by atoms with Crippen molar-refractivity contribution in [2.24, 2.45) is 5.92 Å². The Morgan fingerprint density at radius 1 is 1.03 bits per heavy atom. The van der Waals surface area contributed by atoms with Crippen molar-refractivity contribution in [1.29, 1.82) is 0 Å². The van der Waals surface area contributed by atoms with Gasteiger partial charge in [-0.15, -0.1) is 0 Å². The minimum atomic E-state index is -4.53. The number of nitrogens with one attached hydrogen (secondary N) is 1. The summed E-state index contributed by atoms with van der Waals surface area (Å²) in [5.74, 6) is -0.382. The molecule has 1 saturated carbocycles. The molecule has 7 nitrogen and oxygen atoms in total. The van der Waals surface area contributed by atoms with Crippen LogP contribution in [0.15, 0.2) is 35.1 Å². The molecule has 0 bridgehead atoms. The Kier molecular flexibility index (Phi) is 7.28. The van der Waals surface area contributed by atoms with E-state index in [-0.39, 0.29) is 29.2 Å². The molecule has 0 spiro atoms. The number of hydrogen-bond acceptors (Lipinski definition) is 4. The molecule has 1 N–H and O–H groups in total. The van der Waals surface area contributed by atoms with Crippen LogP contribution in [0, 0.1) is 12.8 Å². The highest BCUT2D eigenvalue weighted by Gasteiger charge is 2.32. The van der Waals surface area contributed by atoms with Gasteiger partial charge in [0.25, 0.3) is 5.91 Å². The van der Waals surface area contributed by atoms with Gasteiger partial charge in [-0.25, -0.2) is 4.68 Å². The van der Waals surface area contributed by atoms with Crippen molar-refractivity contribution >= 4 is 11.8 Å². The van der Waals surface area contributed by atoms with E-state index in [0.29, 0.717) is 31.6 Å². The predicted molar refractivity (Wildman–Crippen MR) is 123 cm³/mol. The zero-order chi connectivity index (χ0) is 25.2. The van der Waals surface area contributed by atoms with Gasteiger partial charge in [0.2, 0.25) is 11.3 Å². The number of piperidine rings is 1. The molecule has 2 aromatic rings. The third-order valence-corrected chi connectivity index (χ3v) is 6.84. The zero-order valence-electron chi connectivity index (χ0n) is 19.6. The summed E-state index contributed by atoms with van der Waals surface area (Å²) in [6.45, 7) is 2.61. The highest BCUT2D eigenvalue weighted by molar-refractivity contribution is 5.92. The SMILES string of the molecule is Cc1cc(=O)c(C(=O)NC2CCN(C(=O)C3CCCCC3)CC2)nn1-c1cccc(C(F)(F)F)c1. The van der Waals surface area contributed by atoms with Crippen molar-refractivity contribution in [3.8, 4) is 5.69 Å². The van der Waals surface area contributed by atoms with Crippen molar-refractivity contribution in [2.75, 3.05) is 13.1 Å². The maximum absolute atomic E-state index is 13.1. The second-order valence-electron chi connectivity index (χ2n) is 9.37. The number of halogens is 3. The average Bonchev–Trinajstić information content (AvgIpc) is 2.84. The van der Waals surface area contributed by atoms with E-state index in [9.17, 15) is 27.6 Å². The third kappa shape index (κ3) is 5.74. The van der Waals surface area contributed by atoms with E-state index in [1.54, 1.807) is 0 Å². The number of benzene rings is 1. The standard InChI is InChI=1S/C25H29F3N4O3/c1-16-14-21(33)22(30-32(16)20-9-5-8-18(15-20)25(26,27)28)23(34)29-19-10-12-31(13-11-19)24(35)17-6-3-2-4-7-17/h5,8-9,14-15,17,19H,2-4,6-7,10-13H2,1H3,(H,29,34). The monoisotopic (exact) mass is 490 g/mol. The second-order valence-corrected chi connectivity index (χ2v) is 9.37. The number of aromatic nitrogens is 2. The van der Waals surface area contributed by atoms with Gasteiger partial charge in [-0.1, -0.05) is 25.3 Å². The van der Waals surface area contributed by atoms with Gasteiger partial charge in [0, 0.05) is 36.8 Å². The Balaban J connectivity index is 1.44.